The second-order valence-corrected chi connectivity index (χ2v) is 7.38. The number of carbonyl (C=O) groups excluding carboxylic acids is 1. The van der Waals surface area contributed by atoms with Gasteiger partial charge in [0.25, 0.3) is 5.91 Å². The summed E-state index contributed by atoms with van der Waals surface area (Å²) in [7, 11) is 0. The summed E-state index contributed by atoms with van der Waals surface area (Å²) < 4.78 is 0. The van der Waals surface area contributed by atoms with Crippen LogP contribution in [0.1, 0.15) is 32.6 Å². The molecule has 1 atom stereocenters. The Hall–Kier alpha value is -1.33. The molecule has 110 valence electrons. The van der Waals surface area contributed by atoms with Crippen LogP contribution in [0, 0.1) is 6.92 Å². The quantitative estimate of drug-likeness (QED) is 0.845. The molecule has 1 fully saturated rings. The molecule has 5 heteroatoms. The average molecular weight is 318 g/mol. The molecule has 1 aliphatic heterocycles. The summed E-state index contributed by atoms with van der Waals surface area (Å²) in [5.41, 5.74) is 1.55. The van der Waals surface area contributed by atoms with Crippen molar-refractivity contribution in [2.24, 2.45) is 0 Å². The molecule has 2 aromatic rings. The zero-order valence-corrected chi connectivity index (χ0v) is 13.6. The molecule has 1 unspecified atom stereocenters. The van der Waals surface area contributed by atoms with Gasteiger partial charge in [-0.1, -0.05) is 6.07 Å². The monoisotopic (exact) mass is 318 g/mol. The van der Waals surface area contributed by atoms with Gasteiger partial charge in [-0.25, -0.2) is 0 Å². The third kappa shape index (κ3) is 3.30. The molecule has 0 bridgehead atoms. The first-order valence-corrected chi connectivity index (χ1v) is 9.04. The maximum Gasteiger partial charge on any atom is 0.255 e. The summed E-state index contributed by atoms with van der Waals surface area (Å²) in [4.78, 5) is 20.3. The van der Waals surface area contributed by atoms with E-state index < -0.39 is 0 Å². The first-order chi connectivity index (χ1) is 10.3. The van der Waals surface area contributed by atoms with Crippen molar-refractivity contribution in [3.63, 3.8) is 0 Å². The molecule has 0 aliphatic carbocycles. The zero-order valence-electron chi connectivity index (χ0n) is 12.0. The van der Waals surface area contributed by atoms with Crippen molar-refractivity contribution in [2.75, 3.05) is 18.8 Å². The van der Waals surface area contributed by atoms with Crippen molar-refractivity contribution >= 4 is 29.0 Å². The summed E-state index contributed by atoms with van der Waals surface area (Å²) in [5.74, 6) is 1.11. The Morgan fingerprint density at radius 1 is 1.33 bits per heavy atom. The van der Waals surface area contributed by atoms with Gasteiger partial charge in [-0.05, 0) is 36.9 Å². The first kappa shape index (κ1) is 14.6. The summed E-state index contributed by atoms with van der Waals surface area (Å²) in [5, 5.41) is 2.65. The Morgan fingerprint density at radius 2 is 2.24 bits per heavy atom. The molecule has 0 radical (unpaired) electrons. The van der Waals surface area contributed by atoms with E-state index in [9.17, 15) is 4.79 Å². The number of hydrogen-bond donors (Lipinski definition) is 0. The fourth-order valence-electron chi connectivity index (χ4n) is 2.56. The number of aryl methyl sites for hydroxylation is 1. The standard InChI is InChI=1S/C16H18N2OS2/c1-12-13(4-2-7-17-12)16(19)18-8-6-15(21-11-9-18)14-5-3-10-20-14/h2-5,7,10,15H,6,8-9,11H2,1H3. The lowest BCUT2D eigenvalue weighted by molar-refractivity contribution is 0.0765. The van der Waals surface area contributed by atoms with Crippen molar-refractivity contribution in [3.05, 3.63) is 52.0 Å². The van der Waals surface area contributed by atoms with E-state index in [1.165, 1.54) is 4.88 Å². The predicted molar refractivity (Wildman–Crippen MR) is 89.0 cm³/mol. The summed E-state index contributed by atoms with van der Waals surface area (Å²) in [6, 6.07) is 8.01. The fraction of sp³-hybridized carbons (Fsp3) is 0.375. The maximum absolute atomic E-state index is 12.6. The summed E-state index contributed by atoms with van der Waals surface area (Å²) >= 11 is 3.78. The molecule has 0 N–H and O–H groups in total. The van der Waals surface area contributed by atoms with E-state index in [2.05, 4.69) is 22.5 Å². The van der Waals surface area contributed by atoms with Crippen molar-refractivity contribution in [2.45, 2.75) is 18.6 Å². The van der Waals surface area contributed by atoms with Gasteiger partial charge in [-0.3, -0.25) is 9.78 Å². The number of aromatic nitrogens is 1. The van der Waals surface area contributed by atoms with Crippen LogP contribution in [0.2, 0.25) is 0 Å². The third-order valence-corrected chi connectivity index (χ3v) is 6.17. The van der Waals surface area contributed by atoms with E-state index in [4.69, 9.17) is 0 Å². The van der Waals surface area contributed by atoms with Gasteiger partial charge in [0.15, 0.2) is 0 Å². The van der Waals surface area contributed by atoms with Crippen LogP contribution in [0.4, 0.5) is 0 Å². The Balaban J connectivity index is 1.70. The van der Waals surface area contributed by atoms with Crippen LogP contribution in [0.25, 0.3) is 0 Å². The summed E-state index contributed by atoms with van der Waals surface area (Å²) in [6.45, 7) is 3.54. The smallest absolute Gasteiger partial charge is 0.255 e. The molecule has 3 heterocycles. The minimum absolute atomic E-state index is 0.119. The van der Waals surface area contributed by atoms with Crippen molar-refractivity contribution in [1.82, 2.24) is 9.88 Å². The zero-order chi connectivity index (χ0) is 14.7. The van der Waals surface area contributed by atoms with Crippen LogP contribution in [-0.4, -0.2) is 34.6 Å². The summed E-state index contributed by atoms with van der Waals surface area (Å²) in [6.07, 6.45) is 2.76. The largest absolute Gasteiger partial charge is 0.338 e. The van der Waals surface area contributed by atoms with E-state index in [0.29, 0.717) is 5.25 Å². The highest BCUT2D eigenvalue weighted by Crippen LogP contribution is 2.36. The number of rotatable bonds is 2. The topological polar surface area (TPSA) is 33.2 Å². The molecule has 21 heavy (non-hydrogen) atoms. The fourth-order valence-corrected chi connectivity index (χ4v) is 4.79. The van der Waals surface area contributed by atoms with E-state index in [1.54, 1.807) is 6.20 Å². The van der Waals surface area contributed by atoms with Crippen molar-refractivity contribution < 1.29 is 4.79 Å². The SMILES string of the molecule is Cc1ncccc1C(=O)N1CCSC(c2cccs2)CC1. The number of carbonyl (C=O) groups is 1. The van der Waals surface area contributed by atoms with Gasteiger partial charge in [0, 0.05) is 40.9 Å². The molecule has 0 saturated carbocycles. The lowest BCUT2D eigenvalue weighted by atomic mass is 10.1. The minimum atomic E-state index is 0.119. The first-order valence-electron chi connectivity index (χ1n) is 7.11. The van der Waals surface area contributed by atoms with Gasteiger partial charge in [-0.2, -0.15) is 11.8 Å². The second-order valence-electron chi connectivity index (χ2n) is 5.09. The van der Waals surface area contributed by atoms with Gasteiger partial charge < -0.3 is 4.90 Å². The second kappa shape index (κ2) is 6.62. The van der Waals surface area contributed by atoms with Crippen LogP contribution < -0.4 is 0 Å². The van der Waals surface area contributed by atoms with Crippen LogP contribution in [0.5, 0.6) is 0 Å². The lowest BCUT2D eigenvalue weighted by Gasteiger charge is -2.20. The molecular formula is C16H18N2OS2. The molecule has 3 rings (SSSR count). The molecular weight excluding hydrogens is 300 g/mol. The molecule has 0 spiro atoms. The van der Waals surface area contributed by atoms with Gasteiger partial charge in [-0.15, -0.1) is 11.3 Å². The Morgan fingerprint density at radius 3 is 3.00 bits per heavy atom. The van der Waals surface area contributed by atoms with Gasteiger partial charge in [0.2, 0.25) is 0 Å². The van der Waals surface area contributed by atoms with Crippen molar-refractivity contribution in [3.8, 4) is 0 Å². The number of pyridine rings is 1. The highest BCUT2D eigenvalue weighted by molar-refractivity contribution is 7.99. The normalized spacial score (nSPS) is 19.3. The number of thioether (sulfide) groups is 1. The highest BCUT2D eigenvalue weighted by atomic mass is 32.2. The number of hydrogen-bond acceptors (Lipinski definition) is 4. The Kier molecular flexibility index (Phi) is 4.60. The predicted octanol–water partition coefficient (Wildman–Crippen LogP) is 3.77. The van der Waals surface area contributed by atoms with E-state index in [-0.39, 0.29) is 5.91 Å². The molecule has 1 aliphatic rings. The Bertz CT molecular complexity index is 612. The molecule has 1 saturated heterocycles. The Labute approximate surface area is 133 Å². The van der Waals surface area contributed by atoms with E-state index in [0.717, 1.165) is 36.5 Å². The van der Waals surface area contributed by atoms with E-state index in [1.807, 2.05) is 47.1 Å². The molecule has 0 aromatic carbocycles. The average Bonchev–Trinajstić information content (AvgIpc) is 2.92. The minimum Gasteiger partial charge on any atom is -0.338 e. The molecule has 2 aromatic heterocycles. The van der Waals surface area contributed by atoms with Crippen LogP contribution in [0.3, 0.4) is 0 Å². The number of thiophene rings is 1. The highest BCUT2D eigenvalue weighted by Gasteiger charge is 2.24. The van der Waals surface area contributed by atoms with Crippen LogP contribution in [0.15, 0.2) is 35.8 Å². The maximum atomic E-state index is 12.6. The molecule has 1 amide bonds. The number of amides is 1. The number of nitrogens with zero attached hydrogens (tertiary/aromatic N) is 2. The van der Waals surface area contributed by atoms with Gasteiger partial charge in [0.1, 0.15) is 0 Å². The molecule has 3 nitrogen and oxygen atoms in total. The third-order valence-electron chi connectivity index (χ3n) is 3.73. The van der Waals surface area contributed by atoms with Gasteiger partial charge in [0.05, 0.1) is 5.56 Å². The van der Waals surface area contributed by atoms with E-state index >= 15 is 0 Å². The van der Waals surface area contributed by atoms with Crippen molar-refractivity contribution in [1.29, 1.82) is 0 Å². The lowest BCUT2D eigenvalue weighted by Crippen LogP contribution is -2.33. The van der Waals surface area contributed by atoms with Crippen LogP contribution in [-0.2, 0) is 0 Å². The van der Waals surface area contributed by atoms with Crippen LogP contribution >= 0.6 is 23.1 Å². The van der Waals surface area contributed by atoms with Gasteiger partial charge >= 0.3 is 0 Å².